The number of aliphatic hydroxyl groups is 1. The molecule has 5 heteroatoms. The molecule has 20 heavy (non-hydrogen) atoms. The maximum Gasteiger partial charge on any atom is 0.312 e. The van der Waals surface area contributed by atoms with Gasteiger partial charge >= 0.3 is 5.97 Å². The lowest BCUT2D eigenvalue weighted by Gasteiger charge is -2.23. The Hall–Kier alpha value is -1.75. The van der Waals surface area contributed by atoms with Crippen molar-refractivity contribution in [3.63, 3.8) is 0 Å². The van der Waals surface area contributed by atoms with Gasteiger partial charge < -0.3 is 19.3 Å². The molecular weight excluding hydrogens is 260 g/mol. The van der Waals surface area contributed by atoms with Crippen LogP contribution in [0.2, 0.25) is 0 Å². The first kappa shape index (κ1) is 14.7. The van der Waals surface area contributed by atoms with Gasteiger partial charge in [0, 0.05) is 17.5 Å². The Balaban J connectivity index is 2.43. The third kappa shape index (κ3) is 2.45. The summed E-state index contributed by atoms with van der Waals surface area (Å²) >= 11 is 0. The van der Waals surface area contributed by atoms with Crippen molar-refractivity contribution in [1.82, 2.24) is 0 Å². The van der Waals surface area contributed by atoms with Gasteiger partial charge in [-0.1, -0.05) is 6.92 Å². The van der Waals surface area contributed by atoms with Gasteiger partial charge in [-0.15, -0.1) is 0 Å². The van der Waals surface area contributed by atoms with Gasteiger partial charge in [0.15, 0.2) is 0 Å². The summed E-state index contributed by atoms with van der Waals surface area (Å²) in [6.45, 7) is 4.09. The summed E-state index contributed by atoms with van der Waals surface area (Å²) in [4.78, 5) is 11.8. The molecule has 0 aliphatic carbocycles. The Labute approximate surface area is 118 Å². The van der Waals surface area contributed by atoms with Gasteiger partial charge in [0.2, 0.25) is 0 Å². The second-order valence-electron chi connectivity index (χ2n) is 5.14. The van der Waals surface area contributed by atoms with E-state index in [1.54, 1.807) is 13.2 Å². The average molecular weight is 280 g/mol. The van der Waals surface area contributed by atoms with Crippen LogP contribution in [0.1, 0.15) is 24.2 Å². The number of cyclic esters (lactones) is 1. The fourth-order valence-electron chi connectivity index (χ4n) is 2.67. The molecule has 0 bridgehead atoms. The van der Waals surface area contributed by atoms with Crippen LogP contribution in [0.15, 0.2) is 12.1 Å². The molecule has 2 rings (SSSR count). The van der Waals surface area contributed by atoms with Crippen LogP contribution >= 0.6 is 0 Å². The molecular formula is C15H20O5. The summed E-state index contributed by atoms with van der Waals surface area (Å²) in [5, 5.41) is 10.6. The van der Waals surface area contributed by atoms with Gasteiger partial charge in [0.05, 0.1) is 32.8 Å². The number of rotatable bonds is 4. The Morgan fingerprint density at radius 1 is 1.35 bits per heavy atom. The molecule has 0 saturated carbocycles. The number of ether oxygens (including phenoxy) is 3. The zero-order chi connectivity index (χ0) is 14.9. The van der Waals surface area contributed by atoms with Gasteiger partial charge in [-0.2, -0.15) is 0 Å². The van der Waals surface area contributed by atoms with Gasteiger partial charge in [-0.25, -0.2) is 0 Å². The molecule has 1 fully saturated rings. The highest BCUT2D eigenvalue weighted by Crippen LogP contribution is 2.40. The number of hydrogen-bond donors (Lipinski definition) is 1. The molecule has 5 nitrogen and oxygen atoms in total. The van der Waals surface area contributed by atoms with Gasteiger partial charge in [-0.3, -0.25) is 4.79 Å². The third-order valence-electron chi connectivity index (χ3n) is 3.79. The van der Waals surface area contributed by atoms with E-state index >= 15 is 0 Å². The van der Waals surface area contributed by atoms with E-state index in [0.717, 1.165) is 5.56 Å². The van der Waals surface area contributed by atoms with E-state index in [-0.39, 0.29) is 11.9 Å². The minimum Gasteiger partial charge on any atom is -0.497 e. The quantitative estimate of drug-likeness (QED) is 0.853. The zero-order valence-electron chi connectivity index (χ0n) is 12.2. The molecule has 0 aromatic heterocycles. The molecule has 0 unspecified atom stereocenters. The Kier molecular flexibility index (Phi) is 4.18. The first-order valence-electron chi connectivity index (χ1n) is 6.56. The minimum atomic E-state index is -0.944. The predicted octanol–water partition coefficient (Wildman–Crippen LogP) is 1.85. The van der Waals surface area contributed by atoms with Crippen LogP contribution < -0.4 is 9.47 Å². The maximum absolute atomic E-state index is 11.8. The predicted molar refractivity (Wildman–Crippen MR) is 72.9 cm³/mol. The summed E-state index contributed by atoms with van der Waals surface area (Å²) in [6.07, 6.45) is -0.944. The highest BCUT2D eigenvalue weighted by molar-refractivity contribution is 5.76. The van der Waals surface area contributed by atoms with Crippen molar-refractivity contribution in [2.24, 2.45) is 11.8 Å². The molecule has 1 aliphatic heterocycles. The van der Waals surface area contributed by atoms with Crippen molar-refractivity contribution in [3.8, 4) is 11.5 Å². The van der Waals surface area contributed by atoms with Crippen LogP contribution in [-0.2, 0) is 9.53 Å². The van der Waals surface area contributed by atoms with E-state index in [4.69, 9.17) is 14.2 Å². The molecule has 0 spiro atoms. The topological polar surface area (TPSA) is 65.0 Å². The minimum absolute atomic E-state index is 0.0243. The Morgan fingerprint density at radius 3 is 2.55 bits per heavy atom. The van der Waals surface area contributed by atoms with Crippen molar-refractivity contribution in [2.75, 3.05) is 20.8 Å². The monoisotopic (exact) mass is 280 g/mol. The smallest absolute Gasteiger partial charge is 0.312 e. The SMILES string of the molecule is COc1cc(C)c([C@@H](O)[C@H]2C(=O)OC[C@@H]2C)c(OC)c1. The van der Waals surface area contributed by atoms with Crippen LogP contribution in [0.25, 0.3) is 0 Å². The number of aryl methyl sites for hydroxylation is 1. The van der Waals surface area contributed by atoms with Crippen LogP contribution in [-0.4, -0.2) is 31.9 Å². The summed E-state index contributed by atoms with van der Waals surface area (Å²) in [7, 11) is 3.10. The lowest BCUT2D eigenvalue weighted by Crippen LogP contribution is -2.23. The molecule has 0 amide bonds. The van der Waals surface area contributed by atoms with Crippen LogP contribution in [0.4, 0.5) is 0 Å². The summed E-state index contributed by atoms with van der Waals surface area (Å²) in [6, 6.07) is 3.52. The molecule has 3 atom stereocenters. The summed E-state index contributed by atoms with van der Waals surface area (Å²) in [5.41, 5.74) is 1.43. The van der Waals surface area contributed by atoms with Crippen molar-refractivity contribution < 1.29 is 24.1 Å². The van der Waals surface area contributed by atoms with E-state index in [1.165, 1.54) is 7.11 Å². The van der Waals surface area contributed by atoms with E-state index in [2.05, 4.69) is 0 Å². The fraction of sp³-hybridized carbons (Fsp3) is 0.533. The Bertz CT molecular complexity index is 511. The van der Waals surface area contributed by atoms with E-state index in [0.29, 0.717) is 23.7 Å². The number of esters is 1. The molecule has 1 aromatic rings. The van der Waals surface area contributed by atoms with E-state index in [9.17, 15) is 9.90 Å². The second-order valence-corrected chi connectivity index (χ2v) is 5.14. The first-order valence-corrected chi connectivity index (χ1v) is 6.56. The highest BCUT2D eigenvalue weighted by atomic mass is 16.5. The van der Waals surface area contributed by atoms with E-state index < -0.39 is 12.0 Å². The molecule has 110 valence electrons. The zero-order valence-corrected chi connectivity index (χ0v) is 12.2. The lowest BCUT2D eigenvalue weighted by atomic mass is 9.85. The molecule has 1 N–H and O–H groups in total. The van der Waals surface area contributed by atoms with Crippen LogP contribution in [0.5, 0.6) is 11.5 Å². The highest BCUT2D eigenvalue weighted by Gasteiger charge is 2.41. The van der Waals surface area contributed by atoms with Crippen molar-refractivity contribution >= 4 is 5.97 Å². The lowest BCUT2D eigenvalue weighted by molar-refractivity contribution is -0.144. The number of aliphatic hydroxyl groups excluding tert-OH is 1. The molecule has 0 radical (unpaired) electrons. The summed E-state index contributed by atoms with van der Waals surface area (Å²) < 4.78 is 15.5. The standard InChI is InChI=1S/C15H20O5/c1-8-5-10(18-3)6-11(19-4)12(8)14(16)13-9(2)7-20-15(13)17/h5-6,9,13-14,16H,7H2,1-4H3/t9-,13-,14+/m0/s1. The number of carbonyl (C=O) groups is 1. The number of carbonyl (C=O) groups excluding carboxylic acids is 1. The normalized spacial score (nSPS) is 23.4. The van der Waals surface area contributed by atoms with Gasteiger partial charge in [0.1, 0.15) is 11.5 Å². The third-order valence-corrected chi connectivity index (χ3v) is 3.79. The number of benzene rings is 1. The van der Waals surface area contributed by atoms with E-state index in [1.807, 2.05) is 19.9 Å². The second kappa shape index (κ2) is 5.71. The molecule has 1 heterocycles. The van der Waals surface area contributed by atoms with Crippen molar-refractivity contribution in [2.45, 2.75) is 20.0 Å². The number of methoxy groups -OCH3 is 2. The van der Waals surface area contributed by atoms with Crippen LogP contribution in [0, 0.1) is 18.8 Å². The average Bonchev–Trinajstić information content (AvgIpc) is 2.76. The summed E-state index contributed by atoms with van der Waals surface area (Å²) in [5.74, 6) is 0.223. The van der Waals surface area contributed by atoms with Gasteiger partial charge in [-0.05, 0) is 18.6 Å². The van der Waals surface area contributed by atoms with Gasteiger partial charge in [0.25, 0.3) is 0 Å². The van der Waals surface area contributed by atoms with Crippen molar-refractivity contribution in [1.29, 1.82) is 0 Å². The molecule has 1 aliphatic rings. The largest absolute Gasteiger partial charge is 0.497 e. The molecule has 1 saturated heterocycles. The van der Waals surface area contributed by atoms with Crippen molar-refractivity contribution in [3.05, 3.63) is 23.3 Å². The first-order chi connectivity index (χ1) is 9.49. The number of hydrogen-bond acceptors (Lipinski definition) is 5. The maximum atomic E-state index is 11.8. The fourth-order valence-corrected chi connectivity index (χ4v) is 2.67. The molecule has 1 aromatic carbocycles. The Morgan fingerprint density at radius 2 is 2.05 bits per heavy atom. The van der Waals surface area contributed by atoms with Crippen LogP contribution in [0.3, 0.4) is 0 Å².